The molecule has 0 radical (unpaired) electrons. The van der Waals surface area contributed by atoms with Crippen LogP contribution >= 0.6 is 27.5 Å². The van der Waals surface area contributed by atoms with E-state index in [2.05, 4.69) is 21.1 Å². The highest BCUT2D eigenvalue weighted by Gasteiger charge is 2.14. The Morgan fingerprint density at radius 2 is 2.19 bits per heavy atom. The third-order valence-electron chi connectivity index (χ3n) is 1.93. The quantitative estimate of drug-likeness (QED) is 0.923. The van der Waals surface area contributed by atoms with E-state index in [1.165, 1.54) is 6.07 Å². The average Bonchev–Trinajstić information content (AvgIpc) is 2.66. The minimum Gasteiger partial charge on any atom is -0.476 e. The Morgan fingerprint density at radius 3 is 2.75 bits per heavy atom. The highest BCUT2D eigenvalue weighted by atomic mass is 79.9. The number of carboxylic acid groups (broad SMARTS) is 1. The van der Waals surface area contributed by atoms with Crippen LogP contribution in [0.15, 0.2) is 33.3 Å². The molecule has 2 rings (SSSR count). The smallest absolute Gasteiger partial charge is 0.358 e. The number of nitrogens with zero attached hydrogens (tertiary/aromatic N) is 1. The molecule has 0 saturated carbocycles. The van der Waals surface area contributed by atoms with Gasteiger partial charge in [0.25, 0.3) is 0 Å². The molecule has 0 bridgehead atoms. The van der Waals surface area contributed by atoms with Gasteiger partial charge in [0, 0.05) is 16.1 Å². The standard InChI is InChI=1S/C10H5BrClNO3/c11-5-1-2-6(7(12)3-5)9-4-8(10(14)15)13-16-9/h1-4H,(H,14,15). The highest BCUT2D eigenvalue weighted by Crippen LogP contribution is 2.30. The SMILES string of the molecule is O=C(O)c1cc(-c2ccc(Br)cc2Cl)on1. The maximum absolute atomic E-state index is 10.6. The van der Waals surface area contributed by atoms with Crippen molar-refractivity contribution in [2.24, 2.45) is 0 Å². The van der Waals surface area contributed by atoms with Crippen molar-refractivity contribution in [3.8, 4) is 11.3 Å². The van der Waals surface area contributed by atoms with E-state index >= 15 is 0 Å². The van der Waals surface area contributed by atoms with E-state index in [1.807, 2.05) is 0 Å². The van der Waals surface area contributed by atoms with Gasteiger partial charge in [0.1, 0.15) is 0 Å². The van der Waals surface area contributed by atoms with Crippen LogP contribution in [0.1, 0.15) is 10.5 Å². The Hall–Kier alpha value is -1.33. The molecule has 0 fully saturated rings. The van der Waals surface area contributed by atoms with Crippen LogP contribution < -0.4 is 0 Å². The van der Waals surface area contributed by atoms with Crippen molar-refractivity contribution in [1.82, 2.24) is 5.16 Å². The molecule has 1 aromatic carbocycles. The number of halogens is 2. The fraction of sp³-hybridized carbons (Fsp3) is 0. The molecule has 0 spiro atoms. The first-order chi connectivity index (χ1) is 7.58. The lowest BCUT2D eigenvalue weighted by Gasteiger charge is -1.99. The Morgan fingerprint density at radius 1 is 1.44 bits per heavy atom. The molecule has 2 aromatic rings. The minimum absolute atomic E-state index is 0.144. The van der Waals surface area contributed by atoms with Crippen molar-refractivity contribution in [2.75, 3.05) is 0 Å². The summed E-state index contributed by atoms with van der Waals surface area (Å²) in [6.45, 7) is 0. The second-order valence-corrected chi connectivity index (χ2v) is 4.33. The summed E-state index contributed by atoms with van der Waals surface area (Å²) >= 11 is 9.26. The molecule has 6 heteroatoms. The van der Waals surface area contributed by atoms with Gasteiger partial charge in [-0.15, -0.1) is 0 Å². The van der Waals surface area contributed by atoms with E-state index in [0.29, 0.717) is 16.3 Å². The van der Waals surface area contributed by atoms with Gasteiger partial charge in [-0.1, -0.05) is 32.7 Å². The maximum atomic E-state index is 10.6. The monoisotopic (exact) mass is 301 g/mol. The molecule has 0 amide bonds. The normalized spacial score (nSPS) is 10.4. The Labute approximate surface area is 104 Å². The van der Waals surface area contributed by atoms with E-state index in [1.54, 1.807) is 18.2 Å². The van der Waals surface area contributed by atoms with Crippen molar-refractivity contribution >= 4 is 33.5 Å². The Kier molecular flexibility index (Phi) is 2.98. The maximum Gasteiger partial charge on any atom is 0.358 e. The molecule has 16 heavy (non-hydrogen) atoms. The Balaban J connectivity index is 2.46. The van der Waals surface area contributed by atoms with E-state index < -0.39 is 5.97 Å². The van der Waals surface area contributed by atoms with Crippen molar-refractivity contribution < 1.29 is 14.4 Å². The number of aromatic carboxylic acids is 1. The lowest BCUT2D eigenvalue weighted by Crippen LogP contribution is -1.94. The van der Waals surface area contributed by atoms with Gasteiger partial charge < -0.3 is 9.63 Å². The summed E-state index contributed by atoms with van der Waals surface area (Å²) in [7, 11) is 0. The molecule has 0 unspecified atom stereocenters. The van der Waals surface area contributed by atoms with Crippen LogP contribution in [-0.2, 0) is 0 Å². The van der Waals surface area contributed by atoms with Crippen LogP contribution in [0.25, 0.3) is 11.3 Å². The predicted octanol–water partition coefficient (Wildman–Crippen LogP) is 3.46. The largest absolute Gasteiger partial charge is 0.476 e. The second-order valence-electron chi connectivity index (χ2n) is 3.01. The van der Waals surface area contributed by atoms with E-state index in [-0.39, 0.29) is 5.69 Å². The average molecular weight is 303 g/mol. The summed E-state index contributed by atoms with van der Waals surface area (Å²) in [6, 6.07) is 6.53. The number of hydrogen-bond donors (Lipinski definition) is 1. The molecule has 0 atom stereocenters. The summed E-state index contributed by atoms with van der Waals surface area (Å²) in [5.74, 6) is -0.807. The number of aromatic nitrogens is 1. The van der Waals surface area contributed by atoms with Crippen LogP contribution in [0.4, 0.5) is 0 Å². The Bertz CT molecular complexity index is 553. The van der Waals surface area contributed by atoms with Crippen molar-refractivity contribution in [1.29, 1.82) is 0 Å². The van der Waals surface area contributed by atoms with Crippen LogP contribution in [0, 0.1) is 0 Å². The fourth-order valence-electron chi connectivity index (χ4n) is 1.19. The lowest BCUT2D eigenvalue weighted by atomic mass is 10.1. The number of carbonyl (C=O) groups is 1. The zero-order valence-corrected chi connectivity index (χ0v) is 10.1. The van der Waals surface area contributed by atoms with Crippen LogP contribution in [0.5, 0.6) is 0 Å². The first-order valence-electron chi connectivity index (χ1n) is 4.23. The topological polar surface area (TPSA) is 63.3 Å². The van der Waals surface area contributed by atoms with Crippen LogP contribution in [-0.4, -0.2) is 16.2 Å². The zero-order chi connectivity index (χ0) is 11.7. The van der Waals surface area contributed by atoms with E-state index in [0.717, 1.165) is 4.47 Å². The van der Waals surface area contributed by atoms with Gasteiger partial charge in [-0.05, 0) is 18.2 Å². The zero-order valence-electron chi connectivity index (χ0n) is 7.78. The molecule has 0 aliphatic heterocycles. The molecule has 1 N–H and O–H groups in total. The highest BCUT2D eigenvalue weighted by molar-refractivity contribution is 9.10. The third-order valence-corrected chi connectivity index (χ3v) is 2.73. The first kappa shape index (κ1) is 11.2. The van der Waals surface area contributed by atoms with E-state index in [9.17, 15) is 4.79 Å². The molecule has 0 saturated heterocycles. The number of benzene rings is 1. The fourth-order valence-corrected chi connectivity index (χ4v) is 1.96. The van der Waals surface area contributed by atoms with Gasteiger partial charge in [0.05, 0.1) is 5.02 Å². The molecule has 4 nitrogen and oxygen atoms in total. The van der Waals surface area contributed by atoms with Crippen molar-refractivity contribution in [2.45, 2.75) is 0 Å². The molecule has 1 heterocycles. The summed E-state index contributed by atoms with van der Waals surface area (Å²) < 4.78 is 5.73. The predicted molar refractivity (Wildman–Crippen MR) is 61.6 cm³/mol. The minimum atomic E-state index is -1.14. The molecule has 0 aliphatic carbocycles. The number of hydrogen-bond acceptors (Lipinski definition) is 3. The van der Waals surface area contributed by atoms with Gasteiger partial charge in [-0.2, -0.15) is 0 Å². The van der Waals surface area contributed by atoms with Gasteiger partial charge in [0.15, 0.2) is 11.5 Å². The number of carboxylic acids is 1. The van der Waals surface area contributed by atoms with Gasteiger partial charge in [0.2, 0.25) is 0 Å². The second kappa shape index (κ2) is 4.27. The summed E-state index contributed by atoms with van der Waals surface area (Å²) in [5.41, 5.74) is 0.457. The first-order valence-corrected chi connectivity index (χ1v) is 5.40. The van der Waals surface area contributed by atoms with Gasteiger partial charge in [-0.3, -0.25) is 0 Å². The van der Waals surface area contributed by atoms with Crippen molar-refractivity contribution in [3.63, 3.8) is 0 Å². The molecule has 82 valence electrons. The summed E-state index contributed by atoms with van der Waals surface area (Å²) in [4.78, 5) is 10.6. The number of rotatable bonds is 2. The van der Waals surface area contributed by atoms with Gasteiger partial charge >= 0.3 is 5.97 Å². The molecular formula is C10H5BrClNO3. The van der Waals surface area contributed by atoms with Crippen LogP contribution in [0.3, 0.4) is 0 Å². The summed E-state index contributed by atoms with van der Waals surface area (Å²) in [5, 5.41) is 12.6. The van der Waals surface area contributed by atoms with Crippen molar-refractivity contribution in [3.05, 3.63) is 39.5 Å². The molecular weight excluding hydrogens is 297 g/mol. The van der Waals surface area contributed by atoms with Gasteiger partial charge in [-0.25, -0.2) is 4.79 Å². The lowest BCUT2D eigenvalue weighted by molar-refractivity contribution is 0.0686. The van der Waals surface area contributed by atoms with E-state index in [4.69, 9.17) is 21.2 Å². The molecule has 0 aliphatic rings. The third kappa shape index (κ3) is 2.10. The molecule has 1 aromatic heterocycles. The van der Waals surface area contributed by atoms with Crippen LogP contribution in [0.2, 0.25) is 5.02 Å². The summed E-state index contributed by atoms with van der Waals surface area (Å²) in [6.07, 6.45) is 0.